The molecule has 0 aliphatic carbocycles. The Morgan fingerprint density at radius 3 is 2.35 bits per heavy atom. The fourth-order valence-corrected chi connectivity index (χ4v) is 3.37. The minimum Gasteiger partial charge on any atom is -0.497 e. The zero-order chi connectivity index (χ0) is 14.8. The minimum absolute atomic E-state index is 0.0593. The van der Waals surface area contributed by atoms with Crippen LogP contribution in [0.4, 0.5) is 5.69 Å². The molecule has 0 amide bonds. The summed E-state index contributed by atoms with van der Waals surface area (Å²) >= 11 is 0. The number of nitrogen functional groups attached to an aromatic ring is 1. The number of hydrogen-bond donors (Lipinski definition) is 1. The highest BCUT2D eigenvalue weighted by atomic mass is 32.2. The van der Waals surface area contributed by atoms with Crippen LogP contribution in [0.5, 0.6) is 5.75 Å². The van der Waals surface area contributed by atoms with Crippen LogP contribution in [0.1, 0.15) is 11.1 Å². The van der Waals surface area contributed by atoms with Crippen molar-refractivity contribution in [1.82, 2.24) is 0 Å². The molecule has 20 heavy (non-hydrogen) atoms. The molecule has 2 aromatic rings. The largest absolute Gasteiger partial charge is 0.497 e. The summed E-state index contributed by atoms with van der Waals surface area (Å²) < 4.78 is 29.8. The molecule has 0 atom stereocenters. The average molecular weight is 291 g/mol. The Morgan fingerprint density at radius 2 is 1.75 bits per heavy atom. The van der Waals surface area contributed by atoms with Gasteiger partial charge in [-0.2, -0.15) is 0 Å². The van der Waals surface area contributed by atoms with Gasteiger partial charge in [-0.25, -0.2) is 8.42 Å². The zero-order valence-corrected chi connectivity index (χ0v) is 12.3. The topological polar surface area (TPSA) is 69.4 Å². The summed E-state index contributed by atoms with van der Waals surface area (Å²) in [6.07, 6.45) is 0. The molecule has 106 valence electrons. The molecule has 0 bridgehead atoms. The average Bonchev–Trinajstić information content (AvgIpc) is 2.44. The first-order chi connectivity index (χ1) is 9.44. The molecule has 0 saturated heterocycles. The molecule has 0 heterocycles. The second kappa shape index (κ2) is 5.54. The molecule has 0 aromatic heterocycles. The summed E-state index contributed by atoms with van der Waals surface area (Å²) in [5, 5.41) is 0. The highest BCUT2D eigenvalue weighted by Gasteiger charge is 2.17. The first-order valence-corrected chi connectivity index (χ1v) is 7.80. The van der Waals surface area contributed by atoms with E-state index < -0.39 is 9.84 Å². The van der Waals surface area contributed by atoms with Gasteiger partial charge >= 0.3 is 0 Å². The van der Waals surface area contributed by atoms with Crippen LogP contribution >= 0.6 is 0 Å². The predicted octanol–water partition coefficient (Wildman–Crippen LogP) is 2.56. The number of ether oxygens (including phenoxy) is 1. The Balaban J connectivity index is 2.33. The fourth-order valence-electron chi connectivity index (χ4n) is 1.93. The van der Waals surface area contributed by atoms with Gasteiger partial charge in [0.05, 0.1) is 17.8 Å². The van der Waals surface area contributed by atoms with Crippen molar-refractivity contribution in [3.63, 3.8) is 0 Å². The van der Waals surface area contributed by atoms with Crippen molar-refractivity contribution in [2.45, 2.75) is 17.6 Å². The lowest BCUT2D eigenvalue weighted by Crippen LogP contribution is -2.07. The van der Waals surface area contributed by atoms with Crippen LogP contribution in [0.15, 0.2) is 47.4 Å². The molecule has 5 heteroatoms. The van der Waals surface area contributed by atoms with E-state index in [0.29, 0.717) is 11.4 Å². The number of benzene rings is 2. The van der Waals surface area contributed by atoms with Crippen LogP contribution in [0.25, 0.3) is 0 Å². The van der Waals surface area contributed by atoms with Crippen molar-refractivity contribution >= 4 is 15.5 Å². The van der Waals surface area contributed by atoms with Crippen molar-refractivity contribution in [2.24, 2.45) is 0 Å². The Morgan fingerprint density at radius 1 is 1.10 bits per heavy atom. The Hall–Kier alpha value is -2.01. The van der Waals surface area contributed by atoms with Gasteiger partial charge in [-0.15, -0.1) is 0 Å². The van der Waals surface area contributed by atoms with Crippen molar-refractivity contribution in [3.8, 4) is 5.75 Å². The van der Waals surface area contributed by atoms with Crippen LogP contribution in [-0.4, -0.2) is 15.5 Å². The Labute approximate surface area is 119 Å². The molecule has 0 aliphatic rings. The van der Waals surface area contributed by atoms with E-state index in [1.54, 1.807) is 49.6 Å². The summed E-state index contributed by atoms with van der Waals surface area (Å²) in [4.78, 5) is 0.278. The van der Waals surface area contributed by atoms with Gasteiger partial charge in [0.2, 0.25) is 0 Å². The van der Waals surface area contributed by atoms with Crippen molar-refractivity contribution in [2.75, 3.05) is 12.8 Å². The predicted molar refractivity (Wildman–Crippen MR) is 79.5 cm³/mol. The van der Waals surface area contributed by atoms with Crippen molar-refractivity contribution in [1.29, 1.82) is 0 Å². The normalized spacial score (nSPS) is 11.3. The second-order valence-corrected chi connectivity index (χ2v) is 6.56. The lowest BCUT2D eigenvalue weighted by molar-refractivity contribution is 0.414. The summed E-state index contributed by atoms with van der Waals surface area (Å²) in [7, 11) is -1.85. The molecule has 4 nitrogen and oxygen atoms in total. The maximum absolute atomic E-state index is 12.4. The smallest absolute Gasteiger partial charge is 0.182 e. The zero-order valence-electron chi connectivity index (χ0n) is 11.5. The lowest BCUT2D eigenvalue weighted by atomic mass is 10.1. The molecule has 0 fully saturated rings. The van der Waals surface area contributed by atoms with Crippen LogP contribution in [-0.2, 0) is 15.6 Å². The Bertz CT molecular complexity index is 706. The molecule has 2 rings (SSSR count). The van der Waals surface area contributed by atoms with E-state index in [9.17, 15) is 8.42 Å². The summed E-state index contributed by atoms with van der Waals surface area (Å²) in [5.74, 6) is 0.569. The van der Waals surface area contributed by atoms with Gasteiger partial charge in [0.1, 0.15) is 5.75 Å². The first kappa shape index (κ1) is 14.4. The molecule has 2 aromatic carbocycles. The number of methoxy groups -OCH3 is 1. The first-order valence-electron chi connectivity index (χ1n) is 6.15. The number of nitrogens with two attached hydrogens (primary N) is 1. The summed E-state index contributed by atoms with van der Waals surface area (Å²) in [6, 6.07) is 11.7. The maximum Gasteiger partial charge on any atom is 0.182 e. The third-order valence-corrected chi connectivity index (χ3v) is 4.93. The standard InChI is InChI=1S/C15H17NO3S/c1-11-12(4-3-5-15(11)16)10-20(17,18)14-8-6-13(19-2)7-9-14/h3-9H,10,16H2,1-2H3. The van der Waals surface area contributed by atoms with E-state index in [4.69, 9.17) is 10.5 Å². The summed E-state index contributed by atoms with van der Waals surface area (Å²) in [5.41, 5.74) is 7.94. The van der Waals surface area contributed by atoms with E-state index in [1.165, 1.54) is 0 Å². The third-order valence-electron chi connectivity index (χ3n) is 3.25. The van der Waals surface area contributed by atoms with Crippen LogP contribution in [0.3, 0.4) is 0 Å². The van der Waals surface area contributed by atoms with Gasteiger partial charge in [-0.05, 0) is 48.4 Å². The van der Waals surface area contributed by atoms with E-state index in [0.717, 1.165) is 11.1 Å². The third kappa shape index (κ3) is 2.93. The van der Waals surface area contributed by atoms with E-state index in [1.807, 2.05) is 6.92 Å². The van der Waals surface area contributed by atoms with Gasteiger partial charge in [-0.1, -0.05) is 12.1 Å². The highest BCUT2D eigenvalue weighted by molar-refractivity contribution is 7.90. The second-order valence-electron chi connectivity index (χ2n) is 4.57. The highest BCUT2D eigenvalue weighted by Crippen LogP contribution is 2.23. The van der Waals surface area contributed by atoms with E-state index >= 15 is 0 Å². The lowest BCUT2D eigenvalue weighted by Gasteiger charge is -2.09. The fraction of sp³-hybridized carbons (Fsp3) is 0.200. The van der Waals surface area contributed by atoms with Crippen molar-refractivity contribution in [3.05, 3.63) is 53.6 Å². The minimum atomic E-state index is -3.39. The number of hydrogen-bond acceptors (Lipinski definition) is 4. The van der Waals surface area contributed by atoms with Gasteiger partial charge in [0.25, 0.3) is 0 Å². The monoisotopic (exact) mass is 291 g/mol. The number of rotatable bonds is 4. The van der Waals surface area contributed by atoms with Crippen LogP contribution in [0, 0.1) is 6.92 Å². The molecule has 0 unspecified atom stereocenters. The molecule has 2 N–H and O–H groups in total. The van der Waals surface area contributed by atoms with Gasteiger partial charge in [-0.3, -0.25) is 0 Å². The van der Waals surface area contributed by atoms with Crippen LogP contribution < -0.4 is 10.5 Å². The van der Waals surface area contributed by atoms with Crippen LogP contribution in [0.2, 0.25) is 0 Å². The van der Waals surface area contributed by atoms with Gasteiger partial charge in [0, 0.05) is 5.69 Å². The van der Waals surface area contributed by atoms with Crippen molar-refractivity contribution < 1.29 is 13.2 Å². The molecule has 0 saturated carbocycles. The van der Waals surface area contributed by atoms with E-state index in [-0.39, 0.29) is 10.6 Å². The molecular formula is C15H17NO3S. The number of anilines is 1. The van der Waals surface area contributed by atoms with E-state index in [2.05, 4.69) is 0 Å². The molecular weight excluding hydrogens is 274 g/mol. The quantitative estimate of drug-likeness (QED) is 0.879. The SMILES string of the molecule is COc1ccc(S(=O)(=O)Cc2cccc(N)c2C)cc1. The molecule has 0 spiro atoms. The van der Waals surface area contributed by atoms with Gasteiger partial charge < -0.3 is 10.5 Å². The van der Waals surface area contributed by atoms with Gasteiger partial charge in [0.15, 0.2) is 9.84 Å². The Kier molecular flexibility index (Phi) is 3.99. The summed E-state index contributed by atoms with van der Waals surface area (Å²) in [6.45, 7) is 1.83. The molecule has 0 aliphatic heterocycles. The molecule has 0 radical (unpaired) electrons. The maximum atomic E-state index is 12.4. The number of sulfone groups is 1.